The van der Waals surface area contributed by atoms with E-state index in [2.05, 4.69) is 10.3 Å². The molecule has 1 aliphatic carbocycles. The highest BCUT2D eigenvalue weighted by atomic mass is 32.1. The van der Waals surface area contributed by atoms with Crippen LogP contribution in [0.1, 0.15) is 31.0 Å². The predicted octanol–water partition coefficient (Wildman–Crippen LogP) is 1.52. The van der Waals surface area contributed by atoms with Gasteiger partial charge in [0, 0.05) is 11.1 Å². The number of hydrogen-bond donors (Lipinski definition) is 2. The second-order valence-electron chi connectivity index (χ2n) is 5.20. The largest absolute Gasteiger partial charge is 0.481 e. The number of nitrogens with zero attached hydrogens (tertiary/aromatic N) is 1. The molecule has 6 heteroatoms. The summed E-state index contributed by atoms with van der Waals surface area (Å²) in [6, 6.07) is 0. The minimum absolute atomic E-state index is 0.194. The lowest BCUT2D eigenvalue weighted by Crippen LogP contribution is -2.42. The van der Waals surface area contributed by atoms with Crippen molar-refractivity contribution in [1.29, 1.82) is 0 Å². The van der Waals surface area contributed by atoms with E-state index in [1.54, 1.807) is 0 Å². The van der Waals surface area contributed by atoms with E-state index in [0.29, 0.717) is 6.42 Å². The van der Waals surface area contributed by atoms with Crippen molar-refractivity contribution in [1.82, 2.24) is 10.3 Å². The fraction of sp³-hybridized carbons (Fsp3) is 0.583. The first-order chi connectivity index (χ1) is 8.31. The fourth-order valence-corrected chi connectivity index (χ4v) is 2.73. The maximum Gasteiger partial charge on any atom is 0.307 e. The van der Waals surface area contributed by atoms with Crippen molar-refractivity contribution in [3.63, 3.8) is 0 Å². The van der Waals surface area contributed by atoms with E-state index in [1.165, 1.54) is 11.3 Å². The zero-order chi connectivity index (χ0) is 13.5. The van der Waals surface area contributed by atoms with Gasteiger partial charge in [-0.2, -0.15) is 0 Å². The summed E-state index contributed by atoms with van der Waals surface area (Å²) in [7, 11) is 0. The average molecular weight is 268 g/mol. The van der Waals surface area contributed by atoms with Crippen LogP contribution in [0.25, 0.3) is 0 Å². The van der Waals surface area contributed by atoms with Crippen LogP contribution in [-0.2, 0) is 15.1 Å². The first-order valence-electron chi connectivity index (χ1n) is 5.78. The number of hydrogen-bond acceptors (Lipinski definition) is 4. The zero-order valence-corrected chi connectivity index (χ0v) is 11.4. The van der Waals surface area contributed by atoms with E-state index in [0.717, 1.165) is 10.7 Å². The summed E-state index contributed by atoms with van der Waals surface area (Å²) in [5.74, 6) is -1.99. The molecule has 2 rings (SSSR count). The maximum atomic E-state index is 11.9. The summed E-state index contributed by atoms with van der Waals surface area (Å²) in [5.41, 5.74) is 0.369. The van der Waals surface area contributed by atoms with Gasteiger partial charge in [0.2, 0.25) is 5.91 Å². The molecule has 1 saturated carbocycles. The smallest absolute Gasteiger partial charge is 0.307 e. The van der Waals surface area contributed by atoms with E-state index < -0.39 is 17.4 Å². The number of thiazole rings is 1. The number of aryl methyl sites for hydroxylation is 1. The Morgan fingerprint density at radius 2 is 2.17 bits per heavy atom. The molecule has 0 radical (unpaired) electrons. The number of amides is 1. The highest BCUT2D eigenvalue weighted by Gasteiger charge is 2.49. The molecule has 0 aromatic carbocycles. The molecule has 0 spiro atoms. The lowest BCUT2D eigenvalue weighted by molar-refractivity contribution is -0.140. The lowest BCUT2D eigenvalue weighted by atomic mass is 10.1. The molecule has 1 aliphatic rings. The highest BCUT2D eigenvalue weighted by Crippen LogP contribution is 2.39. The average Bonchev–Trinajstić information content (AvgIpc) is 2.94. The van der Waals surface area contributed by atoms with Gasteiger partial charge in [-0.05, 0) is 27.2 Å². The number of aliphatic carboxylic acids is 1. The molecule has 0 saturated heterocycles. The van der Waals surface area contributed by atoms with Gasteiger partial charge in [-0.3, -0.25) is 9.59 Å². The number of carboxylic acids is 1. The Bertz CT molecular complexity index is 495. The monoisotopic (exact) mass is 268 g/mol. The standard InChI is InChI=1S/C12H16N2O3S/c1-6-5-18-11(13-6)12(2,3)14-9(15)7-4-8(7)10(16)17/h5,7-8H,4H2,1-3H3,(H,14,15)(H,16,17). The van der Waals surface area contributed by atoms with Gasteiger partial charge in [-0.1, -0.05) is 0 Å². The van der Waals surface area contributed by atoms with Crippen LogP contribution in [-0.4, -0.2) is 22.0 Å². The van der Waals surface area contributed by atoms with Crippen LogP contribution in [0.3, 0.4) is 0 Å². The Kier molecular flexibility index (Phi) is 3.14. The van der Waals surface area contributed by atoms with Crippen LogP contribution in [0.4, 0.5) is 0 Å². The van der Waals surface area contributed by atoms with Crippen LogP contribution in [0, 0.1) is 18.8 Å². The second kappa shape index (κ2) is 4.35. The molecule has 1 heterocycles. The van der Waals surface area contributed by atoms with Gasteiger partial charge >= 0.3 is 5.97 Å². The van der Waals surface area contributed by atoms with E-state index in [9.17, 15) is 9.59 Å². The summed E-state index contributed by atoms with van der Waals surface area (Å²) >= 11 is 1.50. The molecule has 1 amide bonds. The third kappa shape index (κ3) is 2.53. The van der Waals surface area contributed by atoms with Crippen molar-refractivity contribution in [3.05, 3.63) is 16.1 Å². The van der Waals surface area contributed by atoms with Crippen LogP contribution in [0.5, 0.6) is 0 Å². The lowest BCUT2D eigenvalue weighted by Gasteiger charge is -2.23. The molecular weight excluding hydrogens is 252 g/mol. The second-order valence-corrected chi connectivity index (χ2v) is 6.05. The van der Waals surface area contributed by atoms with Gasteiger partial charge in [0.1, 0.15) is 5.01 Å². The van der Waals surface area contributed by atoms with Crippen molar-refractivity contribution >= 4 is 23.2 Å². The third-order valence-electron chi connectivity index (χ3n) is 3.03. The maximum absolute atomic E-state index is 11.9. The third-order valence-corrected chi connectivity index (χ3v) is 4.32. The summed E-state index contributed by atoms with van der Waals surface area (Å²) in [6.07, 6.45) is 0.439. The summed E-state index contributed by atoms with van der Waals surface area (Å²) < 4.78 is 0. The Balaban J connectivity index is 2.01. The van der Waals surface area contributed by atoms with Crippen molar-refractivity contribution < 1.29 is 14.7 Å². The van der Waals surface area contributed by atoms with E-state index in [1.807, 2.05) is 26.2 Å². The van der Waals surface area contributed by atoms with Gasteiger partial charge in [-0.15, -0.1) is 11.3 Å². The normalized spacial score (nSPS) is 22.6. The van der Waals surface area contributed by atoms with Crippen LogP contribution < -0.4 is 5.32 Å². The number of carboxylic acid groups (broad SMARTS) is 1. The first-order valence-corrected chi connectivity index (χ1v) is 6.66. The molecule has 98 valence electrons. The summed E-state index contributed by atoms with van der Waals surface area (Å²) in [4.78, 5) is 27.0. The number of nitrogens with one attached hydrogen (secondary N) is 1. The van der Waals surface area contributed by atoms with Crippen LogP contribution in [0.2, 0.25) is 0 Å². The van der Waals surface area contributed by atoms with E-state index >= 15 is 0 Å². The number of carbonyl (C=O) groups excluding carboxylic acids is 1. The topological polar surface area (TPSA) is 79.3 Å². The molecule has 1 aromatic rings. The predicted molar refractivity (Wildman–Crippen MR) is 67.3 cm³/mol. The summed E-state index contributed by atoms with van der Waals surface area (Å²) in [6.45, 7) is 5.65. The molecular formula is C12H16N2O3S. The van der Waals surface area contributed by atoms with Crippen molar-refractivity contribution in [2.45, 2.75) is 32.7 Å². The Morgan fingerprint density at radius 3 is 2.61 bits per heavy atom. The van der Waals surface area contributed by atoms with E-state index in [-0.39, 0.29) is 11.8 Å². The van der Waals surface area contributed by atoms with Gasteiger partial charge in [0.25, 0.3) is 0 Å². The van der Waals surface area contributed by atoms with Gasteiger partial charge in [0.05, 0.1) is 17.4 Å². The highest BCUT2D eigenvalue weighted by molar-refractivity contribution is 7.09. The van der Waals surface area contributed by atoms with Gasteiger partial charge < -0.3 is 10.4 Å². The fourth-order valence-electron chi connectivity index (χ4n) is 1.85. The minimum Gasteiger partial charge on any atom is -0.481 e. The molecule has 0 bridgehead atoms. The molecule has 2 N–H and O–H groups in total. The van der Waals surface area contributed by atoms with Gasteiger partial charge in [-0.25, -0.2) is 4.98 Å². The molecule has 18 heavy (non-hydrogen) atoms. The summed E-state index contributed by atoms with van der Waals surface area (Å²) in [5, 5.41) is 14.4. The molecule has 1 aromatic heterocycles. The van der Waals surface area contributed by atoms with Crippen LogP contribution in [0.15, 0.2) is 5.38 Å². The minimum atomic E-state index is -0.891. The van der Waals surface area contributed by atoms with Crippen molar-refractivity contribution in [2.75, 3.05) is 0 Å². The Hall–Kier alpha value is -1.43. The van der Waals surface area contributed by atoms with Crippen LogP contribution >= 0.6 is 11.3 Å². The SMILES string of the molecule is Cc1csc(C(C)(C)NC(=O)C2CC2C(=O)O)n1. The molecule has 0 aliphatic heterocycles. The Labute approximate surface area is 109 Å². The van der Waals surface area contributed by atoms with Crippen molar-refractivity contribution in [3.8, 4) is 0 Å². The molecule has 5 nitrogen and oxygen atoms in total. The quantitative estimate of drug-likeness (QED) is 0.867. The molecule has 2 unspecified atom stereocenters. The van der Waals surface area contributed by atoms with Crippen molar-refractivity contribution in [2.24, 2.45) is 11.8 Å². The number of carbonyl (C=O) groups is 2. The Morgan fingerprint density at radius 1 is 1.50 bits per heavy atom. The zero-order valence-electron chi connectivity index (χ0n) is 10.6. The molecule has 1 fully saturated rings. The number of rotatable bonds is 4. The number of aromatic nitrogens is 1. The van der Waals surface area contributed by atoms with Gasteiger partial charge in [0.15, 0.2) is 0 Å². The molecule has 2 atom stereocenters. The first kappa shape index (κ1) is 13.0. The van der Waals surface area contributed by atoms with E-state index in [4.69, 9.17) is 5.11 Å².